The fourth-order valence-electron chi connectivity index (χ4n) is 3.36. The minimum atomic E-state index is -3.25. The van der Waals surface area contributed by atoms with Crippen LogP contribution in [0.1, 0.15) is 16.1 Å². The smallest absolute Gasteiger partial charge is 0.254 e. The molecule has 0 bridgehead atoms. The SMILES string of the molecule is CS(=O)(=O)c1ccc(C(=O)N2CCn3c(cc4ccccc43)C2)cc1. The summed E-state index contributed by atoms with van der Waals surface area (Å²) < 4.78 is 25.3. The summed E-state index contributed by atoms with van der Waals surface area (Å²) in [4.78, 5) is 14.8. The molecule has 0 saturated carbocycles. The number of amides is 1. The second-order valence-corrected chi connectivity index (χ2v) is 8.39. The standard InChI is InChI=1S/C19H18N2O3S/c1-25(23,24)17-8-6-14(7-9-17)19(22)20-10-11-21-16(13-20)12-15-4-2-3-5-18(15)21/h2-9,12H,10-11,13H2,1H3. The van der Waals surface area contributed by atoms with E-state index in [-0.39, 0.29) is 10.8 Å². The number of benzene rings is 2. The maximum atomic E-state index is 12.8. The Kier molecular flexibility index (Phi) is 3.65. The van der Waals surface area contributed by atoms with Gasteiger partial charge in [-0.1, -0.05) is 18.2 Å². The summed E-state index contributed by atoms with van der Waals surface area (Å²) in [6.07, 6.45) is 1.16. The Balaban J connectivity index is 1.60. The Hall–Kier alpha value is -2.60. The molecule has 0 N–H and O–H groups in total. The number of rotatable bonds is 2. The third kappa shape index (κ3) is 2.82. The lowest BCUT2D eigenvalue weighted by molar-refractivity contribution is 0.0712. The predicted molar refractivity (Wildman–Crippen MR) is 96.2 cm³/mol. The third-order valence-electron chi connectivity index (χ3n) is 4.66. The van der Waals surface area contributed by atoms with E-state index >= 15 is 0 Å². The van der Waals surface area contributed by atoms with Crippen molar-refractivity contribution in [3.63, 3.8) is 0 Å². The molecule has 2 heterocycles. The number of para-hydroxylation sites is 1. The van der Waals surface area contributed by atoms with E-state index in [4.69, 9.17) is 0 Å². The molecule has 3 aromatic rings. The van der Waals surface area contributed by atoms with Crippen LogP contribution in [0.25, 0.3) is 10.9 Å². The molecule has 1 aliphatic heterocycles. The number of hydrogen-bond acceptors (Lipinski definition) is 3. The van der Waals surface area contributed by atoms with Crippen LogP contribution in [0.3, 0.4) is 0 Å². The fourth-order valence-corrected chi connectivity index (χ4v) is 3.99. The van der Waals surface area contributed by atoms with Gasteiger partial charge in [-0.2, -0.15) is 0 Å². The van der Waals surface area contributed by atoms with Gasteiger partial charge in [0.25, 0.3) is 5.91 Å². The number of carbonyl (C=O) groups is 1. The van der Waals surface area contributed by atoms with Crippen molar-refractivity contribution in [2.45, 2.75) is 18.0 Å². The van der Waals surface area contributed by atoms with Crippen LogP contribution in [0.4, 0.5) is 0 Å². The Morgan fingerprint density at radius 1 is 1.00 bits per heavy atom. The Morgan fingerprint density at radius 2 is 1.72 bits per heavy atom. The van der Waals surface area contributed by atoms with Crippen molar-refractivity contribution in [2.75, 3.05) is 12.8 Å². The fraction of sp³-hybridized carbons (Fsp3) is 0.211. The molecule has 1 aliphatic rings. The highest BCUT2D eigenvalue weighted by molar-refractivity contribution is 7.90. The second kappa shape index (κ2) is 5.74. The first kappa shape index (κ1) is 15.9. The molecule has 0 saturated heterocycles. The molecule has 0 atom stereocenters. The summed E-state index contributed by atoms with van der Waals surface area (Å²) in [5.41, 5.74) is 2.83. The minimum Gasteiger partial charge on any atom is -0.341 e. The first-order valence-electron chi connectivity index (χ1n) is 8.10. The van der Waals surface area contributed by atoms with Gasteiger partial charge in [-0.25, -0.2) is 8.42 Å². The molecule has 1 aromatic heterocycles. The average molecular weight is 354 g/mol. The third-order valence-corrected chi connectivity index (χ3v) is 5.79. The monoisotopic (exact) mass is 354 g/mol. The molecule has 0 aliphatic carbocycles. The van der Waals surface area contributed by atoms with Crippen LogP contribution in [0.2, 0.25) is 0 Å². The van der Waals surface area contributed by atoms with Gasteiger partial charge in [-0.05, 0) is 41.8 Å². The maximum Gasteiger partial charge on any atom is 0.254 e. The average Bonchev–Trinajstić information content (AvgIpc) is 2.98. The molecule has 0 unspecified atom stereocenters. The number of nitrogens with zero attached hydrogens (tertiary/aromatic N) is 2. The number of fused-ring (bicyclic) bond motifs is 3. The lowest BCUT2D eigenvalue weighted by atomic mass is 10.2. The van der Waals surface area contributed by atoms with Crippen molar-refractivity contribution < 1.29 is 13.2 Å². The van der Waals surface area contributed by atoms with Crippen molar-refractivity contribution in [3.8, 4) is 0 Å². The topological polar surface area (TPSA) is 59.4 Å². The van der Waals surface area contributed by atoms with E-state index in [1.807, 2.05) is 17.0 Å². The first-order chi connectivity index (χ1) is 11.9. The molecule has 0 spiro atoms. The zero-order valence-electron chi connectivity index (χ0n) is 13.8. The molecular formula is C19H18N2O3S. The molecule has 25 heavy (non-hydrogen) atoms. The van der Waals surface area contributed by atoms with E-state index in [1.165, 1.54) is 23.0 Å². The molecule has 128 valence electrons. The van der Waals surface area contributed by atoms with Gasteiger partial charge < -0.3 is 9.47 Å². The van der Waals surface area contributed by atoms with Crippen molar-refractivity contribution in [1.82, 2.24) is 9.47 Å². The molecule has 2 aromatic carbocycles. The summed E-state index contributed by atoms with van der Waals surface area (Å²) in [5.74, 6) is -0.0726. The highest BCUT2D eigenvalue weighted by Crippen LogP contribution is 2.25. The van der Waals surface area contributed by atoms with Gasteiger partial charge in [0.15, 0.2) is 9.84 Å². The van der Waals surface area contributed by atoms with Crippen LogP contribution in [0, 0.1) is 0 Å². The van der Waals surface area contributed by atoms with E-state index in [1.54, 1.807) is 12.1 Å². The lowest BCUT2D eigenvalue weighted by Crippen LogP contribution is -2.38. The molecule has 1 amide bonds. The summed E-state index contributed by atoms with van der Waals surface area (Å²) in [5, 5.41) is 1.18. The van der Waals surface area contributed by atoms with Gasteiger partial charge in [-0.3, -0.25) is 4.79 Å². The van der Waals surface area contributed by atoms with Gasteiger partial charge in [0.2, 0.25) is 0 Å². The largest absolute Gasteiger partial charge is 0.341 e. The number of hydrogen-bond donors (Lipinski definition) is 0. The van der Waals surface area contributed by atoms with Crippen LogP contribution in [-0.4, -0.2) is 36.6 Å². The van der Waals surface area contributed by atoms with Gasteiger partial charge >= 0.3 is 0 Å². The van der Waals surface area contributed by atoms with Gasteiger partial charge in [0.1, 0.15) is 0 Å². The minimum absolute atomic E-state index is 0.0726. The molecule has 0 radical (unpaired) electrons. The van der Waals surface area contributed by atoms with E-state index in [2.05, 4.69) is 22.8 Å². The summed E-state index contributed by atoms with van der Waals surface area (Å²) in [7, 11) is -3.25. The van der Waals surface area contributed by atoms with Crippen molar-refractivity contribution >= 4 is 26.6 Å². The summed E-state index contributed by atoms with van der Waals surface area (Å²) >= 11 is 0. The van der Waals surface area contributed by atoms with Crippen LogP contribution in [0.5, 0.6) is 0 Å². The zero-order valence-corrected chi connectivity index (χ0v) is 14.7. The van der Waals surface area contributed by atoms with Crippen molar-refractivity contribution in [3.05, 3.63) is 65.9 Å². The van der Waals surface area contributed by atoms with Crippen LogP contribution >= 0.6 is 0 Å². The number of sulfone groups is 1. The van der Waals surface area contributed by atoms with E-state index in [0.717, 1.165) is 18.5 Å². The Morgan fingerprint density at radius 3 is 2.44 bits per heavy atom. The summed E-state index contributed by atoms with van der Waals surface area (Å²) in [6.45, 7) is 1.95. The number of aromatic nitrogens is 1. The zero-order chi connectivity index (χ0) is 17.6. The van der Waals surface area contributed by atoms with Gasteiger partial charge in [0.05, 0.1) is 11.4 Å². The lowest BCUT2D eigenvalue weighted by Gasteiger charge is -2.29. The Labute approximate surface area is 146 Å². The summed E-state index contributed by atoms with van der Waals surface area (Å²) in [6, 6.07) is 16.5. The van der Waals surface area contributed by atoms with E-state index < -0.39 is 9.84 Å². The molecular weight excluding hydrogens is 336 g/mol. The first-order valence-corrected chi connectivity index (χ1v) is 9.99. The van der Waals surface area contributed by atoms with Crippen LogP contribution in [-0.2, 0) is 22.9 Å². The van der Waals surface area contributed by atoms with Crippen molar-refractivity contribution in [1.29, 1.82) is 0 Å². The Bertz CT molecular complexity index is 1070. The predicted octanol–water partition coefficient (Wildman–Crippen LogP) is 2.70. The molecule has 6 heteroatoms. The van der Waals surface area contributed by atoms with E-state index in [9.17, 15) is 13.2 Å². The second-order valence-electron chi connectivity index (χ2n) is 6.37. The highest BCUT2D eigenvalue weighted by atomic mass is 32.2. The number of carbonyl (C=O) groups excluding carboxylic acids is 1. The maximum absolute atomic E-state index is 12.8. The van der Waals surface area contributed by atoms with E-state index in [0.29, 0.717) is 18.7 Å². The quantitative estimate of drug-likeness (QED) is 0.711. The van der Waals surface area contributed by atoms with Gasteiger partial charge in [-0.15, -0.1) is 0 Å². The van der Waals surface area contributed by atoms with Crippen LogP contribution < -0.4 is 0 Å². The molecule has 0 fully saturated rings. The molecule has 4 rings (SSSR count). The normalized spacial score (nSPS) is 14.5. The molecule has 5 nitrogen and oxygen atoms in total. The van der Waals surface area contributed by atoms with Crippen molar-refractivity contribution in [2.24, 2.45) is 0 Å². The van der Waals surface area contributed by atoms with Crippen LogP contribution in [0.15, 0.2) is 59.5 Å². The van der Waals surface area contributed by atoms with Gasteiger partial charge in [0, 0.05) is 36.1 Å². The highest BCUT2D eigenvalue weighted by Gasteiger charge is 2.23.